The first-order valence-electron chi connectivity index (χ1n) is 6.09. The molecule has 0 fully saturated rings. The van der Waals surface area contributed by atoms with Crippen molar-refractivity contribution >= 4 is 28.8 Å². The summed E-state index contributed by atoms with van der Waals surface area (Å²) in [5.41, 5.74) is 0.907. The highest BCUT2D eigenvalue weighted by Crippen LogP contribution is 2.32. The van der Waals surface area contributed by atoms with Gasteiger partial charge in [-0.05, 0) is 24.8 Å². The van der Waals surface area contributed by atoms with Crippen molar-refractivity contribution in [3.05, 3.63) is 28.4 Å². The fourth-order valence-corrected chi connectivity index (χ4v) is 2.81. The van der Waals surface area contributed by atoms with Crippen LogP contribution in [0.2, 0.25) is 5.02 Å². The summed E-state index contributed by atoms with van der Waals surface area (Å²) in [5, 5.41) is 5.97. The monoisotopic (exact) mass is 281 g/mol. The molecule has 18 heavy (non-hydrogen) atoms. The van der Waals surface area contributed by atoms with Crippen LogP contribution in [0.25, 0.3) is 10.6 Å². The van der Waals surface area contributed by atoms with Gasteiger partial charge < -0.3 is 5.32 Å². The molecule has 0 aliphatic carbocycles. The number of nitrogens with zero attached hydrogens (tertiary/aromatic N) is 2. The van der Waals surface area contributed by atoms with Gasteiger partial charge in [-0.2, -0.15) is 0 Å². The fraction of sp³-hybridized carbons (Fsp3) is 0.385. The zero-order valence-electron chi connectivity index (χ0n) is 10.5. The van der Waals surface area contributed by atoms with Gasteiger partial charge in [-0.25, -0.2) is 9.97 Å². The smallest absolute Gasteiger partial charge is 0.131 e. The topological polar surface area (TPSA) is 37.8 Å². The van der Waals surface area contributed by atoms with Crippen LogP contribution in [0.5, 0.6) is 0 Å². The molecule has 0 atom stereocenters. The molecule has 0 aromatic carbocycles. The molecule has 2 aromatic rings. The predicted octanol–water partition coefficient (Wildman–Crippen LogP) is 4.24. The molecule has 2 heterocycles. The van der Waals surface area contributed by atoms with Crippen molar-refractivity contribution in [3.63, 3.8) is 0 Å². The Bertz CT molecular complexity index is 500. The fourth-order valence-electron chi connectivity index (χ4n) is 1.70. The standard InChI is InChI=1S/C13H16ClN3S/c1-3-5-11-16-10(8-12(17-11)15-4-2)13-9(14)6-7-18-13/h6-8H,3-5H2,1-2H3,(H,15,16,17). The number of aromatic nitrogens is 2. The van der Waals surface area contributed by atoms with Gasteiger partial charge in [-0.15, -0.1) is 11.3 Å². The van der Waals surface area contributed by atoms with Crippen LogP contribution in [0.15, 0.2) is 17.5 Å². The Hall–Kier alpha value is -1.13. The van der Waals surface area contributed by atoms with Crippen molar-refractivity contribution in [1.29, 1.82) is 0 Å². The minimum absolute atomic E-state index is 0.753. The van der Waals surface area contributed by atoms with E-state index in [0.29, 0.717) is 0 Å². The number of rotatable bonds is 5. The first-order chi connectivity index (χ1) is 8.74. The molecule has 2 rings (SSSR count). The molecule has 0 unspecified atom stereocenters. The molecule has 0 bridgehead atoms. The average molecular weight is 282 g/mol. The molecular weight excluding hydrogens is 266 g/mol. The second-order valence-electron chi connectivity index (χ2n) is 3.93. The van der Waals surface area contributed by atoms with Crippen LogP contribution in [0, 0.1) is 0 Å². The second-order valence-corrected chi connectivity index (χ2v) is 5.26. The molecule has 1 N–H and O–H groups in total. The molecular formula is C13H16ClN3S. The normalized spacial score (nSPS) is 10.6. The van der Waals surface area contributed by atoms with Crippen LogP contribution in [-0.4, -0.2) is 16.5 Å². The predicted molar refractivity (Wildman–Crippen MR) is 78.5 cm³/mol. The molecule has 3 nitrogen and oxygen atoms in total. The molecule has 0 aliphatic heterocycles. The lowest BCUT2D eigenvalue weighted by atomic mass is 10.2. The number of anilines is 1. The molecule has 0 amide bonds. The largest absolute Gasteiger partial charge is 0.370 e. The van der Waals surface area contributed by atoms with Gasteiger partial charge in [0.25, 0.3) is 0 Å². The third kappa shape index (κ3) is 3.00. The molecule has 0 aliphatic rings. The molecule has 0 radical (unpaired) electrons. The summed E-state index contributed by atoms with van der Waals surface area (Å²) in [7, 11) is 0. The van der Waals surface area contributed by atoms with Gasteiger partial charge in [0, 0.05) is 19.0 Å². The van der Waals surface area contributed by atoms with Gasteiger partial charge in [0.15, 0.2) is 0 Å². The molecule has 0 saturated heterocycles. The lowest BCUT2D eigenvalue weighted by molar-refractivity contribution is 0.837. The maximum Gasteiger partial charge on any atom is 0.131 e. The highest BCUT2D eigenvalue weighted by molar-refractivity contribution is 7.14. The van der Waals surface area contributed by atoms with E-state index in [1.54, 1.807) is 11.3 Å². The Labute approximate surface area is 116 Å². The van der Waals surface area contributed by atoms with E-state index in [9.17, 15) is 0 Å². The van der Waals surface area contributed by atoms with Crippen molar-refractivity contribution in [1.82, 2.24) is 9.97 Å². The van der Waals surface area contributed by atoms with Crippen molar-refractivity contribution < 1.29 is 0 Å². The second kappa shape index (κ2) is 6.16. The molecule has 96 valence electrons. The number of thiophene rings is 1. The van der Waals surface area contributed by atoms with Gasteiger partial charge in [0.05, 0.1) is 15.6 Å². The van der Waals surface area contributed by atoms with Crippen LogP contribution in [0.1, 0.15) is 26.1 Å². The SMILES string of the molecule is CCCc1nc(NCC)cc(-c2sccc2Cl)n1. The summed E-state index contributed by atoms with van der Waals surface area (Å²) >= 11 is 7.77. The van der Waals surface area contributed by atoms with Crippen molar-refractivity contribution in [3.8, 4) is 10.6 Å². The average Bonchev–Trinajstić information content (AvgIpc) is 2.76. The summed E-state index contributed by atoms with van der Waals surface area (Å²) in [5.74, 6) is 1.74. The Morgan fingerprint density at radius 1 is 1.33 bits per heavy atom. The molecule has 0 saturated carbocycles. The van der Waals surface area contributed by atoms with Crippen LogP contribution in [0.4, 0.5) is 5.82 Å². The van der Waals surface area contributed by atoms with Crippen molar-refractivity contribution in [2.75, 3.05) is 11.9 Å². The van der Waals surface area contributed by atoms with E-state index in [4.69, 9.17) is 11.6 Å². The Morgan fingerprint density at radius 2 is 2.17 bits per heavy atom. The van der Waals surface area contributed by atoms with E-state index in [2.05, 4.69) is 29.1 Å². The van der Waals surface area contributed by atoms with Gasteiger partial charge >= 0.3 is 0 Å². The van der Waals surface area contributed by atoms with Gasteiger partial charge in [-0.1, -0.05) is 18.5 Å². The minimum Gasteiger partial charge on any atom is -0.370 e. The Balaban J connectivity index is 2.42. The van der Waals surface area contributed by atoms with Crippen molar-refractivity contribution in [2.24, 2.45) is 0 Å². The number of hydrogen-bond acceptors (Lipinski definition) is 4. The van der Waals surface area contributed by atoms with Gasteiger partial charge in [-0.3, -0.25) is 0 Å². The van der Waals surface area contributed by atoms with Crippen LogP contribution >= 0.6 is 22.9 Å². The number of halogens is 1. The van der Waals surface area contributed by atoms with E-state index in [1.807, 2.05) is 17.5 Å². The van der Waals surface area contributed by atoms with Crippen LogP contribution in [-0.2, 0) is 6.42 Å². The summed E-state index contributed by atoms with van der Waals surface area (Å²) < 4.78 is 0. The first kappa shape index (κ1) is 13.3. The third-order valence-corrected chi connectivity index (χ3v) is 3.82. The third-order valence-electron chi connectivity index (χ3n) is 2.45. The number of hydrogen-bond donors (Lipinski definition) is 1. The first-order valence-corrected chi connectivity index (χ1v) is 7.35. The minimum atomic E-state index is 0.753. The Kier molecular flexibility index (Phi) is 4.55. The van der Waals surface area contributed by atoms with Gasteiger partial charge in [0.1, 0.15) is 11.6 Å². The quantitative estimate of drug-likeness (QED) is 0.891. The van der Waals surface area contributed by atoms with E-state index < -0.39 is 0 Å². The van der Waals surface area contributed by atoms with E-state index in [0.717, 1.165) is 46.6 Å². The van der Waals surface area contributed by atoms with Crippen LogP contribution in [0.3, 0.4) is 0 Å². The zero-order chi connectivity index (χ0) is 13.0. The summed E-state index contributed by atoms with van der Waals surface area (Å²) in [4.78, 5) is 10.1. The summed E-state index contributed by atoms with van der Waals surface area (Å²) in [6.45, 7) is 5.03. The lowest BCUT2D eigenvalue weighted by Gasteiger charge is -2.07. The highest BCUT2D eigenvalue weighted by atomic mass is 35.5. The van der Waals surface area contributed by atoms with E-state index in [-0.39, 0.29) is 0 Å². The Morgan fingerprint density at radius 3 is 2.78 bits per heavy atom. The van der Waals surface area contributed by atoms with Gasteiger partial charge in [0.2, 0.25) is 0 Å². The molecule has 5 heteroatoms. The zero-order valence-corrected chi connectivity index (χ0v) is 12.1. The van der Waals surface area contributed by atoms with E-state index in [1.165, 1.54) is 0 Å². The maximum absolute atomic E-state index is 6.16. The van der Waals surface area contributed by atoms with E-state index >= 15 is 0 Å². The molecule has 2 aromatic heterocycles. The number of nitrogens with one attached hydrogen (secondary N) is 1. The summed E-state index contributed by atoms with van der Waals surface area (Å²) in [6, 6.07) is 3.86. The summed E-state index contributed by atoms with van der Waals surface area (Å²) in [6.07, 6.45) is 1.92. The van der Waals surface area contributed by atoms with Crippen molar-refractivity contribution in [2.45, 2.75) is 26.7 Å². The lowest BCUT2D eigenvalue weighted by Crippen LogP contribution is -2.04. The molecule has 0 spiro atoms. The maximum atomic E-state index is 6.16. The highest BCUT2D eigenvalue weighted by Gasteiger charge is 2.10. The number of aryl methyl sites for hydroxylation is 1. The van der Waals surface area contributed by atoms with Crippen LogP contribution < -0.4 is 5.32 Å².